The SMILES string of the molecule is CCc1nc(C(=O)OC)c(N)n1-c1ccc(F)c(Cl)c1. The topological polar surface area (TPSA) is 70.1 Å². The maximum atomic E-state index is 13.2. The molecule has 0 aliphatic rings. The fourth-order valence-corrected chi connectivity index (χ4v) is 2.05. The molecule has 5 nitrogen and oxygen atoms in total. The number of aromatic nitrogens is 2. The third kappa shape index (κ3) is 2.34. The van der Waals surface area contributed by atoms with Crippen LogP contribution in [0.2, 0.25) is 5.02 Å². The van der Waals surface area contributed by atoms with E-state index in [0.717, 1.165) is 0 Å². The van der Waals surface area contributed by atoms with Crippen molar-refractivity contribution in [2.75, 3.05) is 12.8 Å². The van der Waals surface area contributed by atoms with Crippen molar-refractivity contribution in [1.29, 1.82) is 0 Å². The number of nitrogens with zero attached hydrogens (tertiary/aromatic N) is 2. The Balaban J connectivity index is 2.63. The zero-order valence-corrected chi connectivity index (χ0v) is 11.7. The lowest BCUT2D eigenvalue weighted by atomic mass is 10.3. The van der Waals surface area contributed by atoms with E-state index in [1.165, 1.54) is 25.3 Å². The molecule has 2 rings (SSSR count). The van der Waals surface area contributed by atoms with E-state index >= 15 is 0 Å². The lowest BCUT2D eigenvalue weighted by Crippen LogP contribution is -2.08. The van der Waals surface area contributed by atoms with E-state index in [0.29, 0.717) is 17.9 Å². The fraction of sp³-hybridized carbons (Fsp3) is 0.231. The third-order valence-electron chi connectivity index (χ3n) is 2.84. The molecule has 0 saturated carbocycles. The van der Waals surface area contributed by atoms with Crippen LogP contribution in [0.25, 0.3) is 5.69 Å². The molecule has 7 heteroatoms. The van der Waals surface area contributed by atoms with Crippen LogP contribution in [-0.4, -0.2) is 22.6 Å². The third-order valence-corrected chi connectivity index (χ3v) is 3.13. The fourth-order valence-electron chi connectivity index (χ4n) is 1.88. The number of benzene rings is 1. The van der Waals surface area contributed by atoms with Gasteiger partial charge in [-0.2, -0.15) is 0 Å². The smallest absolute Gasteiger partial charge is 0.360 e. The summed E-state index contributed by atoms with van der Waals surface area (Å²) in [7, 11) is 1.25. The van der Waals surface area contributed by atoms with Crippen molar-refractivity contribution in [2.24, 2.45) is 0 Å². The minimum atomic E-state index is -0.621. The molecule has 0 aliphatic carbocycles. The minimum Gasteiger partial charge on any atom is -0.464 e. The second-order valence-electron chi connectivity index (χ2n) is 4.04. The van der Waals surface area contributed by atoms with Crippen LogP contribution in [-0.2, 0) is 11.2 Å². The number of hydrogen-bond acceptors (Lipinski definition) is 4. The molecule has 0 atom stereocenters. The van der Waals surface area contributed by atoms with Gasteiger partial charge >= 0.3 is 5.97 Å². The van der Waals surface area contributed by atoms with Gasteiger partial charge < -0.3 is 10.5 Å². The van der Waals surface area contributed by atoms with E-state index < -0.39 is 11.8 Å². The second kappa shape index (κ2) is 5.50. The maximum absolute atomic E-state index is 13.2. The summed E-state index contributed by atoms with van der Waals surface area (Å²) in [4.78, 5) is 15.8. The molecule has 0 saturated heterocycles. The summed E-state index contributed by atoms with van der Waals surface area (Å²) >= 11 is 5.77. The van der Waals surface area contributed by atoms with Crippen LogP contribution >= 0.6 is 11.6 Å². The monoisotopic (exact) mass is 297 g/mol. The molecule has 0 bridgehead atoms. The number of nitrogens with two attached hydrogens (primary N) is 1. The number of hydrogen-bond donors (Lipinski definition) is 1. The summed E-state index contributed by atoms with van der Waals surface area (Å²) in [6, 6.07) is 4.17. The molecule has 0 spiro atoms. The van der Waals surface area contributed by atoms with Crippen molar-refractivity contribution in [3.05, 3.63) is 40.6 Å². The van der Waals surface area contributed by atoms with E-state index in [1.807, 2.05) is 6.92 Å². The number of ether oxygens (including phenoxy) is 1. The summed E-state index contributed by atoms with van der Waals surface area (Å²) < 4.78 is 19.4. The standard InChI is InChI=1S/C13H13ClFN3O2/c1-3-10-17-11(13(19)20-2)12(16)18(10)7-4-5-9(15)8(14)6-7/h4-6H,3,16H2,1-2H3. The van der Waals surface area contributed by atoms with E-state index in [9.17, 15) is 9.18 Å². The largest absolute Gasteiger partial charge is 0.464 e. The first kappa shape index (κ1) is 14.3. The molecule has 20 heavy (non-hydrogen) atoms. The zero-order valence-electron chi connectivity index (χ0n) is 11.0. The first-order chi connectivity index (χ1) is 9.49. The highest BCUT2D eigenvalue weighted by atomic mass is 35.5. The van der Waals surface area contributed by atoms with Gasteiger partial charge in [0.05, 0.1) is 17.8 Å². The Morgan fingerprint density at radius 2 is 2.25 bits per heavy atom. The Morgan fingerprint density at radius 3 is 2.80 bits per heavy atom. The van der Waals surface area contributed by atoms with Gasteiger partial charge in [-0.3, -0.25) is 4.57 Å². The van der Waals surface area contributed by atoms with Crippen LogP contribution < -0.4 is 5.73 Å². The summed E-state index contributed by atoms with van der Waals surface area (Å²) in [6.07, 6.45) is 0.538. The molecule has 106 valence electrons. The lowest BCUT2D eigenvalue weighted by molar-refractivity contribution is 0.0596. The van der Waals surface area contributed by atoms with E-state index in [2.05, 4.69) is 9.72 Å². The Hall–Kier alpha value is -2.08. The predicted molar refractivity (Wildman–Crippen MR) is 73.7 cm³/mol. The number of methoxy groups -OCH3 is 1. The minimum absolute atomic E-state index is 0.0303. The van der Waals surface area contributed by atoms with Crippen molar-refractivity contribution in [3.63, 3.8) is 0 Å². The van der Waals surface area contributed by atoms with Gasteiger partial charge in [-0.05, 0) is 18.2 Å². The number of carbonyl (C=O) groups is 1. The van der Waals surface area contributed by atoms with Crippen molar-refractivity contribution in [3.8, 4) is 5.69 Å². The van der Waals surface area contributed by atoms with Crippen molar-refractivity contribution in [1.82, 2.24) is 9.55 Å². The number of carbonyl (C=O) groups excluding carboxylic acids is 1. The first-order valence-electron chi connectivity index (χ1n) is 5.90. The van der Waals surface area contributed by atoms with E-state index in [4.69, 9.17) is 17.3 Å². The molecular formula is C13H13ClFN3O2. The Morgan fingerprint density at radius 1 is 1.55 bits per heavy atom. The molecule has 0 aliphatic heterocycles. The highest BCUT2D eigenvalue weighted by Gasteiger charge is 2.21. The highest BCUT2D eigenvalue weighted by molar-refractivity contribution is 6.30. The molecular weight excluding hydrogens is 285 g/mol. The average Bonchev–Trinajstić information content (AvgIpc) is 2.78. The number of aryl methyl sites for hydroxylation is 1. The zero-order chi connectivity index (χ0) is 14.9. The quantitative estimate of drug-likeness (QED) is 0.884. The predicted octanol–water partition coefficient (Wildman–Crippen LogP) is 2.60. The molecule has 1 aromatic carbocycles. The van der Waals surface area contributed by atoms with Crippen LogP contribution in [0, 0.1) is 5.82 Å². The van der Waals surface area contributed by atoms with Crippen molar-refractivity contribution < 1.29 is 13.9 Å². The molecule has 0 amide bonds. The van der Waals surface area contributed by atoms with Gasteiger partial charge in [-0.1, -0.05) is 18.5 Å². The molecule has 1 aromatic heterocycles. The van der Waals surface area contributed by atoms with E-state index in [1.54, 1.807) is 4.57 Å². The molecule has 0 radical (unpaired) electrons. The van der Waals surface area contributed by atoms with Gasteiger partial charge in [-0.25, -0.2) is 14.2 Å². The molecule has 1 heterocycles. The van der Waals surface area contributed by atoms with Crippen molar-refractivity contribution in [2.45, 2.75) is 13.3 Å². The van der Waals surface area contributed by atoms with Crippen LogP contribution in [0.1, 0.15) is 23.2 Å². The number of halogens is 2. The Bertz CT molecular complexity index is 670. The Labute approximate surface area is 120 Å². The first-order valence-corrected chi connectivity index (χ1v) is 6.28. The Kier molecular flexibility index (Phi) is 3.94. The number of nitrogen functional groups attached to an aromatic ring is 1. The molecule has 2 aromatic rings. The second-order valence-corrected chi connectivity index (χ2v) is 4.45. The maximum Gasteiger partial charge on any atom is 0.360 e. The van der Waals surface area contributed by atoms with Gasteiger partial charge in [0.25, 0.3) is 0 Å². The van der Waals surface area contributed by atoms with Crippen LogP contribution in [0.15, 0.2) is 18.2 Å². The number of anilines is 1. The lowest BCUT2D eigenvalue weighted by Gasteiger charge is -2.09. The van der Waals surface area contributed by atoms with Crippen molar-refractivity contribution >= 4 is 23.4 Å². The average molecular weight is 298 g/mol. The summed E-state index contributed by atoms with van der Waals surface area (Å²) in [6.45, 7) is 1.87. The normalized spacial score (nSPS) is 10.6. The number of esters is 1. The van der Waals surface area contributed by atoms with Crippen LogP contribution in [0.4, 0.5) is 10.2 Å². The highest BCUT2D eigenvalue weighted by Crippen LogP contribution is 2.25. The van der Waals surface area contributed by atoms with Crippen LogP contribution in [0.3, 0.4) is 0 Å². The summed E-state index contributed by atoms with van der Waals surface area (Å²) in [5, 5.41) is -0.0303. The van der Waals surface area contributed by atoms with Gasteiger partial charge in [-0.15, -0.1) is 0 Å². The van der Waals surface area contributed by atoms with Gasteiger partial charge in [0.1, 0.15) is 17.5 Å². The molecule has 0 unspecified atom stereocenters. The van der Waals surface area contributed by atoms with Gasteiger partial charge in [0.15, 0.2) is 5.69 Å². The van der Waals surface area contributed by atoms with Gasteiger partial charge in [0.2, 0.25) is 0 Å². The number of rotatable bonds is 3. The summed E-state index contributed by atoms with van der Waals surface area (Å²) in [5.41, 5.74) is 6.51. The molecule has 0 fully saturated rings. The molecule has 2 N–H and O–H groups in total. The van der Waals surface area contributed by atoms with E-state index in [-0.39, 0.29) is 16.5 Å². The van der Waals surface area contributed by atoms with Crippen LogP contribution in [0.5, 0.6) is 0 Å². The van der Waals surface area contributed by atoms with Gasteiger partial charge in [0, 0.05) is 6.42 Å². The number of imidazole rings is 1. The summed E-state index contributed by atoms with van der Waals surface area (Å²) in [5.74, 6) is -0.452.